The van der Waals surface area contributed by atoms with Gasteiger partial charge in [-0.3, -0.25) is 0 Å². The first kappa shape index (κ1) is 15.8. The Hall–Kier alpha value is -1.30. The van der Waals surface area contributed by atoms with Gasteiger partial charge in [0.05, 0.1) is 0 Å². The molecule has 2 atom stereocenters. The topological polar surface area (TPSA) is 35.2 Å². The lowest BCUT2D eigenvalue weighted by molar-refractivity contribution is -0.253. The van der Waals surface area contributed by atoms with Gasteiger partial charge in [0.1, 0.15) is 5.75 Å². The quantitative estimate of drug-likeness (QED) is 0.800. The van der Waals surface area contributed by atoms with Crippen molar-refractivity contribution < 1.29 is 22.3 Å². The molecule has 2 nitrogen and oxygen atoms in total. The normalized spacial score (nSPS) is 15.4. The molecule has 1 aromatic rings. The van der Waals surface area contributed by atoms with E-state index in [1.54, 1.807) is 0 Å². The molecule has 0 bridgehead atoms. The second kappa shape index (κ2) is 6.23. The standard InChI is InChI=1S/C13H17F4NO/c1-3-8(2)11(18)9-4-6-10(7-5-9)19-13(16,17)12(14)15/h4-8,11-12H,3,18H2,1-2H3/t8?,11-/m0/s1. The maximum absolute atomic E-state index is 12.7. The molecule has 0 spiro atoms. The third kappa shape index (κ3) is 4.09. The molecule has 1 unspecified atom stereocenters. The first-order valence-electron chi connectivity index (χ1n) is 5.98. The van der Waals surface area contributed by atoms with E-state index in [1.807, 2.05) is 13.8 Å². The van der Waals surface area contributed by atoms with Crippen LogP contribution in [0.5, 0.6) is 5.75 Å². The Morgan fingerprint density at radius 3 is 2.16 bits per heavy atom. The molecule has 0 aromatic heterocycles. The molecule has 108 valence electrons. The van der Waals surface area contributed by atoms with Crippen LogP contribution in [0.3, 0.4) is 0 Å². The maximum Gasteiger partial charge on any atom is 0.461 e. The summed E-state index contributed by atoms with van der Waals surface area (Å²) in [6, 6.07) is 5.22. The molecule has 0 saturated carbocycles. The maximum atomic E-state index is 12.7. The number of rotatable bonds is 6. The van der Waals surface area contributed by atoms with Crippen molar-refractivity contribution in [3.05, 3.63) is 29.8 Å². The monoisotopic (exact) mass is 279 g/mol. The largest absolute Gasteiger partial charge is 0.461 e. The number of hydrogen-bond acceptors (Lipinski definition) is 2. The van der Waals surface area contributed by atoms with E-state index in [4.69, 9.17) is 5.73 Å². The zero-order valence-electron chi connectivity index (χ0n) is 10.7. The Kier molecular flexibility index (Phi) is 5.17. The van der Waals surface area contributed by atoms with E-state index in [9.17, 15) is 17.6 Å². The molecule has 6 heteroatoms. The Morgan fingerprint density at radius 2 is 1.74 bits per heavy atom. The van der Waals surface area contributed by atoms with Crippen LogP contribution < -0.4 is 10.5 Å². The van der Waals surface area contributed by atoms with Crippen LogP contribution in [0.25, 0.3) is 0 Å². The fourth-order valence-corrected chi connectivity index (χ4v) is 1.54. The van der Waals surface area contributed by atoms with E-state index in [0.29, 0.717) is 0 Å². The summed E-state index contributed by atoms with van der Waals surface area (Å²) in [6.45, 7) is 3.96. The lowest BCUT2D eigenvalue weighted by Crippen LogP contribution is -2.33. The van der Waals surface area contributed by atoms with Crippen molar-refractivity contribution in [2.24, 2.45) is 11.7 Å². The fourth-order valence-electron chi connectivity index (χ4n) is 1.54. The summed E-state index contributed by atoms with van der Waals surface area (Å²) in [5.74, 6) is -0.0836. The molecule has 0 fully saturated rings. The summed E-state index contributed by atoms with van der Waals surface area (Å²) in [6.07, 6.45) is -7.47. The van der Waals surface area contributed by atoms with Crippen molar-refractivity contribution in [2.45, 2.75) is 38.8 Å². The van der Waals surface area contributed by atoms with Crippen molar-refractivity contribution in [3.63, 3.8) is 0 Å². The number of halogens is 4. The minimum absolute atomic E-state index is 0.227. The Bertz CT molecular complexity index is 394. The molecule has 19 heavy (non-hydrogen) atoms. The summed E-state index contributed by atoms with van der Waals surface area (Å²) in [4.78, 5) is 0. The third-order valence-corrected chi connectivity index (χ3v) is 3.03. The molecule has 2 N–H and O–H groups in total. The van der Waals surface area contributed by atoms with Gasteiger partial charge < -0.3 is 10.5 Å². The van der Waals surface area contributed by atoms with Crippen molar-refractivity contribution >= 4 is 0 Å². The summed E-state index contributed by atoms with van der Waals surface area (Å²) in [5, 5.41) is 0. The van der Waals surface area contributed by atoms with Crippen LogP contribution in [0.15, 0.2) is 24.3 Å². The highest BCUT2D eigenvalue weighted by atomic mass is 19.3. The van der Waals surface area contributed by atoms with E-state index >= 15 is 0 Å². The fraction of sp³-hybridized carbons (Fsp3) is 0.538. The average molecular weight is 279 g/mol. The first-order chi connectivity index (χ1) is 8.77. The Labute approximate surface area is 109 Å². The first-order valence-corrected chi connectivity index (χ1v) is 5.98. The molecule has 0 aliphatic rings. The Morgan fingerprint density at radius 1 is 1.21 bits per heavy atom. The lowest BCUT2D eigenvalue weighted by atomic mass is 9.93. The molecule has 0 aliphatic heterocycles. The molecule has 1 aromatic carbocycles. The second-order valence-electron chi connectivity index (χ2n) is 4.44. The van der Waals surface area contributed by atoms with Gasteiger partial charge in [0.25, 0.3) is 0 Å². The minimum Gasteiger partial charge on any atom is -0.428 e. The van der Waals surface area contributed by atoms with Gasteiger partial charge in [0, 0.05) is 6.04 Å². The van der Waals surface area contributed by atoms with Crippen molar-refractivity contribution in [1.29, 1.82) is 0 Å². The van der Waals surface area contributed by atoms with Gasteiger partial charge >= 0.3 is 12.5 Å². The minimum atomic E-state index is -4.49. The van der Waals surface area contributed by atoms with Crippen LogP contribution in [0.4, 0.5) is 17.6 Å². The number of alkyl halides is 4. The van der Waals surface area contributed by atoms with E-state index in [2.05, 4.69) is 4.74 Å². The van der Waals surface area contributed by atoms with Gasteiger partial charge in [-0.2, -0.15) is 17.6 Å². The lowest BCUT2D eigenvalue weighted by Gasteiger charge is -2.20. The van der Waals surface area contributed by atoms with Crippen molar-refractivity contribution in [3.8, 4) is 5.75 Å². The highest BCUT2D eigenvalue weighted by Crippen LogP contribution is 2.29. The van der Waals surface area contributed by atoms with E-state index in [1.165, 1.54) is 24.3 Å². The van der Waals surface area contributed by atoms with E-state index in [0.717, 1.165) is 12.0 Å². The zero-order valence-corrected chi connectivity index (χ0v) is 10.7. The molecule has 0 heterocycles. The highest BCUT2D eigenvalue weighted by molar-refractivity contribution is 5.29. The van der Waals surface area contributed by atoms with Gasteiger partial charge in [-0.05, 0) is 23.6 Å². The predicted octanol–water partition coefficient (Wildman–Crippen LogP) is 3.97. The van der Waals surface area contributed by atoms with Gasteiger partial charge in [0.2, 0.25) is 0 Å². The van der Waals surface area contributed by atoms with Gasteiger partial charge in [-0.1, -0.05) is 32.4 Å². The molecule has 1 rings (SSSR count). The molecule has 0 saturated heterocycles. The van der Waals surface area contributed by atoms with Crippen LogP contribution in [-0.2, 0) is 0 Å². The van der Waals surface area contributed by atoms with Gasteiger partial charge in [-0.25, -0.2) is 0 Å². The number of hydrogen-bond donors (Lipinski definition) is 1. The van der Waals surface area contributed by atoms with E-state index in [-0.39, 0.29) is 17.7 Å². The second-order valence-corrected chi connectivity index (χ2v) is 4.44. The summed E-state index contributed by atoms with van der Waals surface area (Å²) >= 11 is 0. The van der Waals surface area contributed by atoms with Crippen molar-refractivity contribution in [2.75, 3.05) is 0 Å². The van der Waals surface area contributed by atoms with Gasteiger partial charge in [0.15, 0.2) is 0 Å². The van der Waals surface area contributed by atoms with Crippen LogP contribution in [0.2, 0.25) is 0 Å². The van der Waals surface area contributed by atoms with Crippen LogP contribution in [0, 0.1) is 5.92 Å². The molecule has 0 radical (unpaired) electrons. The van der Waals surface area contributed by atoms with Gasteiger partial charge in [-0.15, -0.1) is 0 Å². The smallest absolute Gasteiger partial charge is 0.428 e. The molecule has 0 aliphatic carbocycles. The summed E-state index contributed by atoms with van der Waals surface area (Å²) < 4.78 is 53.2. The zero-order chi connectivity index (χ0) is 14.6. The molecule has 0 amide bonds. The third-order valence-electron chi connectivity index (χ3n) is 3.03. The number of ether oxygens (including phenoxy) is 1. The average Bonchev–Trinajstić information content (AvgIpc) is 2.37. The van der Waals surface area contributed by atoms with Crippen LogP contribution >= 0.6 is 0 Å². The number of benzene rings is 1. The summed E-state index contributed by atoms with van der Waals surface area (Å²) in [7, 11) is 0. The Balaban J connectivity index is 2.77. The summed E-state index contributed by atoms with van der Waals surface area (Å²) in [5.41, 5.74) is 6.72. The number of nitrogens with two attached hydrogens (primary N) is 1. The van der Waals surface area contributed by atoms with Crippen LogP contribution in [0.1, 0.15) is 31.9 Å². The predicted molar refractivity (Wildman–Crippen MR) is 64.4 cm³/mol. The molecular formula is C13H17F4NO. The SMILES string of the molecule is CCC(C)[C@H](N)c1ccc(OC(F)(F)C(F)F)cc1. The highest BCUT2D eigenvalue weighted by Gasteiger charge is 2.43. The van der Waals surface area contributed by atoms with Crippen LogP contribution in [-0.4, -0.2) is 12.5 Å². The molecular weight excluding hydrogens is 262 g/mol. The van der Waals surface area contributed by atoms with E-state index < -0.39 is 12.5 Å². The van der Waals surface area contributed by atoms with Crippen molar-refractivity contribution in [1.82, 2.24) is 0 Å².